The lowest BCUT2D eigenvalue weighted by atomic mass is 10.1. The Kier molecular flexibility index (Phi) is 10.0. The number of carbonyl (C=O) groups is 1. The van der Waals surface area contributed by atoms with Crippen LogP contribution in [0.4, 0.5) is 0 Å². The van der Waals surface area contributed by atoms with E-state index in [0.29, 0.717) is 29.2 Å². The molecule has 0 saturated heterocycles. The third kappa shape index (κ3) is 7.37. The highest BCUT2D eigenvalue weighted by atomic mass is 16.6. The van der Waals surface area contributed by atoms with Gasteiger partial charge in [-0.2, -0.15) is 0 Å². The summed E-state index contributed by atoms with van der Waals surface area (Å²) in [5, 5.41) is 0. The third-order valence-electron chi connectivity index (χ3n) is 5.72. The summed E-state index contributed by atoms with van der Waals surface area (Å²) in [6, 6.07) is 12.8. The van der Waals surface area contributed by atoms with E-state index in [1.807, 2.05) is 24.3 Å². The van der Waals surface area contributed by atoms with Gasteiger partial charge >= 0.3 is 5.97 Å². The fraction of sp³-hybridized carbons (Fsp3) is 0.429. The number of cyclic esters (lactones) is 1. The van der Waals surface area contributed by atoms with E-state index in [1.165, 1.54) is 44.9 Å². The zero-order valence-corrected chi connectivity index (χ0v) is 20.5. The zero-order valence-electron chi connectivity index (χ0n) is 20.5. The molecule has 1 heterocycles. The molecule has 0 fully saturated rings. The van der Waals surface area contributed by atoms with Gasteiger partial charge < -0.3 is 18.9 Å². The van der Waals surface area contributed by atoms with Crippen molar-refractivity contribution >= 4 is 17.9 Å². The Hall–Kier alpha value is -3.28. The topological polar surface area (TPSA) is 66.3 Å². The van der Waals surface area contributed by atoms with Gasteiger partial charge in [-0.25, -0.2) is 9.79 Å². The molecule has 2 aromatic rings. The molecule has 0 unspecified atom stereocenters. The third-order valence-corrected chi connectivity index (χ3v) is 5.72. The predicted octanol–water partition coefficient (Wildman–Crippen LogP) is 6.57. The van der Waals surface area contributed by atoms with Crippen LogP contribution in [0.2, 0.25) is 0 Å². The summed E-state index contributed by atoms with van der Waals surface area (Å²) in [7, 11) is 3.16. The first-order valence-corrected chi connectivity index (χ1v) is 12.1. The molecule has 0 saturated carbocycles. The molecule has 3 rings (SSSR count). The van der Waals surface area contributed by atoms with Crippen molar-refractivity contribution in [1.82, 2.24) is 0 Å². The van der Waals surface area contributed by atoms with Gasteiger partial charge in [0.2, 0.25) is 5.90 Å². The number of benzene rings is 2. The van der Waals surface area contributed by atoms with E-state index < -0.39 is 5.97 Å². The number of hydrogen-bond donors (Lipinski definition) is 0. The highest BCUT2D eigenvalue weighted by molar-refractivity contribution is 6.13. The fourth-order valence-electron chi connectivity index (χ4n) is 3.75. The highest BCUT2D eigenvalue weighted by Crippen LogP contribution is 2.28. The summed E-state index contributed by atoms with van der Waals surface area (Å²) in [5.74, 6) is 1.84. The Morgan fingerprint density at radius 1 is 0.853 bits per heavy atom. The van der Waals surface area contributed by atoms with Crippen molar-refractivity contribution in [3.8, 4) is 17.2 Å². The fourth-order valence-corrected chi connectivity index (χ4v) is 3.75. The van der Waals surface area contributed by atoms with Gasteiger partial charge in [0.1, 0.15) is 17.2 Å². The summed E-state index contributed by atoms with van der Waals surface area (Å²) >= 11 is 0. The molecule has 1 aliphatic heterocycles. The molecule has 0 radical (unpaired) electrons. The molecule has 0 spiro atoms. The Labute approximate surface area is 202 Å². The van der Waals surface area contributed by atoms with Crippen LogP contribution < -0.4 is 14.2 Å². The van der Waals surface area contributed by atoms with Crippen LogP contribution in [0, 0.1) is 0 Å². The molecule has 0 bridgehead atoms. The number of nitrogens with zero attached hydrogens (tertiary/aromatic N) is 1. The molecule has 0 aliphatic carbocycles. The molecule has 0 N–H and O–H groups in total. The number of ether oxygens (including phenoxy) is 4. The van der Waals surface area contributed by atoms with Crippen molar-refractivity contribution in [2.75, 3.05) is 20.8 Å². The molecule has 1 aliphatic rings. The van der Waals surface area contributed by atoms with Gasteiger partial charge in [0.05, 0.1) is 20.8 Å². The molecular weight excluding hydrogens is 430 g/mol. The summed E-state index contributed by atoms with van der Waals surface area (Å²) in [6.07, 6.45) is 11.8. The van der Waals surface area contributed by atoms with Crippen LogP contribution in [0.5, 0.6) is 17.2 Å². The second-order valence-corrected chi connectivity index (χ2v) is 8.29. The number of carbonyl (C=O) groups excluding carboxylic acids is 1. The Bertz CT molecular complexity index is 994. The first-order chi connectivity index (χ1) is 16.6. The van der Waals surface area contributed by atoms with Crippen molar-refractivity contribution in [2.45, 2.75) is 58.3 Å². The standard InChI is InChI=1S/C28H35NO5/c1-4-5-6-7-8-9-10-11-18-33-23-14-12-21(13-15-23)27-29-25(28(30)34-27)20-22-19-24(31-2)16-17-26(22)32-3/h12-17,19-20H,4-11,18H2,1-3H3/b25-20-. The first kappa shape index (κ1) is 25.3. The molecule has 34 heavy (non-hydrogen) atoms. The van der Waals surface area contributed by atoms with E-state index in [2.05, 4.69) is 11.9 Å². The largest absolute Gasteiger partial charge is 0.497 e. The van der Waals surface area contributed by atoms with Crippen LogP contribution in [0.1, 0.15) is 69.4 Å². The number of methoxy groups -OCH3 is 2. The van der Waals surface area contributed by atoms with E-state index in [-0.39, 0.29) is 11.6 Å². The maximum atomic E-state index is 12.4. The van der Waals surface area contributed by atoms with E-state index >= 15 is 0 Å². The molecule has 182 valence electrons. The molecule has 0 amide bonds. The Morgan fingerprint density at radius 3 is 2.21 bits per heavy atom. The molecule has 0 aromatic heterocycles. The lowest BCUT2D eigenvalue weighted by molar-refractivity contribution is -0.129. The number of unbranched alkanes of at least 4 members (excludes halogenated alkanes) is 7. The lowest BCUT2D eigenvalue weighted by Gasteiger charge is -2.07. The number of rotatable bonds is 14. The van der Waals surface area contributed by atoms with Crippen LogP contribution in [-0.2, 0) is 9.53 Å². The minimum Gasteiger partial charge on any atom is -0.497 e. The maximum Gasteiger partial charge on any atom is 0.363 e. The SMILES string of the molecule is CCCCCCCCCCOc1ccc(C2=N/C(=C\c3cc(OC)ccc3OC)C(=O)O2)cc1. The normalized spacial score (nSPS) is 14.1. The van der Waals surface area contributed by atoms with Gasteiger partial charge in [-0.3, -0.25) is 0 Å². The molecule has 2 aromatic carbocycles. The van der Waals surface area contributed by atoms with Gasteiger partial charge in [0.25, 0.3) is 0 Å². The van der Waals surface area contributed by atoms with Gasteiger partial charge in [0.15, 0.2) is 5.70 Å². The molecule has 6 nitrogen and oxygen atoms in total. The van der Waals surface area contributed by atoms with Gasteiger partial charge in [-0.05, 0) is 55.0 Å². The van der Waals surface area contributed by atoms with Crippen LogP contribution in [0.15, 0.2) is 53.2 Å². The van der Waals surface area contributed by atoms with Gasteiger partial charge in [0, 0.05) is 11.1 Å². The first-order valence-electron chi connectivity index (χ1n) is 12.1. The van der Waals surface area contributed by atoms with Crippen molar-refractivity contribution in [2.24, 2.45) is 4.99 Å². The molecule has 6 heteroatoms. The summed E-state index contributed by atoms with van der Waals surface area (Å²) in [6.45, 7) is 2.95. The van der Waals surface area contributed by atoms with E-state index in [0.717, 1.165) is 12.2 Å². The Balaban J connectivity index is 1.53. The molecular formula is C28H35NO5. The van der Waals surface area contributed by atoms with Gasteiger partial charge in [-0.1, -0.05) is 51.9 Å². The predicted molar refractivity (Wildman–Crippen MR) is 135 cm³/mol. The summed E-state index contributed by atoms with van der Waals surface area (Å²) in [4.78, 5) is 16.8. The maximum absolute atomic E-state index is 12.4. The number of aliphatic imine (C=N–C) groups is 1. The van der Waals surface area contributed by atoms with Crippen LogP contribution >= 0.6 is 0 Å². The minimum absolute atomic E-state index is 0.205. The van der Waals surface area contributed by atoms with Crippen molar-refractivity contribution in [3.05, 3.63) is 59.3 Å². The van der Waals surface area contributed by atoms with Crippen LogP contribution in [0.25, 0.3) is 6.08 Å². The summed E-state index contributed by atoms with van der Waals surface area (Å²) < 4.78 is 21.9. The van der Waals surface area contributed by atoms with Gasteiger partial charge in [-0.15, -0.1) is 0 Å². The van der Waals surface area contributed by atoms with E-state index in [4.69, 9.17) is 18.9 Å². The Morgan fingerprint density at radius 2 is 1.53 bits per heavy atom. The summed E-state index contributed by atoms with van der Waals surface area (Å²) in [5.41, 5.74) is 1.61. The average molecular weight is 466 g/mol. The smallest absolute Gasteiger partial charge is 0.363 e. The van der Waals surface area contributed by atoms with Crippen LogP contribution in [0.3, 0.4) is 0 Å². The van der Waals surface area contributed by atoms with Crippen molar-refractivity contribution < 1.29 is 23.7 Å². The van der Waals surface area contributed by atoms with Crippen molar-refractivity contribution in [1.29, 1.82) is 0 Å². The van der Waals surface area contributed by atoms with E-state index in [1.54, 1.807) is 38.5 Å². The average Bonchev–Trinajstić information content (AvgIpc) is 3.23. The monoisotopic (exact) mass is 465 g/mol. The highest BCUT2D eigenvalue weighted by Gasteiger charge is 2.24. The number of hydrogen-bond acceptors (Lipinski definition) is 6. The second kappa shape index (κ2) is 13.4. The molecule has 0 atom stereocenters. The quantitative estimate of drug-likeness (QED) is 0.179. The van der Waals surface area contributed by atoms with E-state index in [9.17, 15) is 4.79 Å². The van der Waals surface area contributed by atoms with Crippen molar-refractivity contribution in [3.63, 3.8) is 0 Å². The zero-order chi connectivity index (χ0) is 24.2. The second-order valence-electron chi connectivity index (χ2n) is 8.29. The number of esters is 1. The van der Waals surface area contributed by atoms with Crippen LogP contribution in [-0.4, -0.2) is 32.7 Å². The lowest BCUT2D eigenvalue weighted by Crippen LogP contribution is -2.05. The minimum atomic E-state index is -0.505.